The van der Waals surface area contributed by atoms with Crippen molar-refractivity contribution in [2.24, 2.45) is 11.8 Å². The maximum Gasteiger partial charge on any atom is 0.129 e. The highest BCUT2D eigenvalue weighted by Crippen LogP contribution is 2.19. The number of hydrogen-bond donors (Lipinski definition) is 0. The van der Waals surface area contributed by atoms with Gasteiger partial charge in [-0.1, -0.05) is 38.2 Å². The average Bonchev–Trinajstić information content (AvgIpc) is 2.02. The number of ketones is 1. The molecule has 0 heterocycles. The molecule has 88 valence electrons. The van der Waals surface area contributed by atoms with Gasteiger partial charge in [-0.15, -0.1) is 0 Å². The predicted molar refractivity (Wildman–Crippen MR) is 65.8 cm³/mol. The van der Waals surface area contributed by atoms with Crippen LogP contribution >= 0.6 is 0 Å². The Morgan fingerprint density at radius 3 is 2.20 bits per heavy atom. The second-order valence-electron chi connectivity index (χ2n) is 4.35. The molecule has 0 aliphatic rings. The van der Waals surface area contributed by atoms with E-state index in [-0.39, 0.29) is 11.3 Å². The maximum absolute atomic E-state index is 10.9. The quantitative estimate of drug-likeness (QED) is 0.624. The first-order valence-electron chi connectivity index (χ1n) is 5.26. The van der Waals surface area contributed by atoms with E-state index in [0.717, 1.165) is 12.0 Å². The lowest BCUT2D eigenvalue weighted by Crippen LogP contribution is -2.07. The van der Waals surface area contributed by atoms with Crippen LogP contribution in [0.1, 0.15) is 40.5 Å². The van der Waals surface area contributed by atoms with Crippen LogP contribution in [-0.2, 0) is 4.79 Å². The summed E-state index contributed by atoms with van der Waals surface area (Å²) in [5.74, 6) is 1.36. The van der Waals surface area contributed by atoms with Gasteiger partial charge >= 0.3 is 0 Å². The van der Waals surface area contributed by atoms with Gasteiger partial charge in [0.2, 0.25) is 0 Å². The van der Waals surface area contributed by atoms with Crippen molar-refractivity contribution < 1.29 is 10.3 Å². The molecule has 0 rings (SSSR count). The van der Waals surface area contributed by atoms with Crippen LogP contribution in [0.4, 0.5) is 0 Å². The number of allylic oxidation sites excluding steroid dienone is 3. The summed E-state index contributed by atoms with van der Waals surface area (Å²) >= 11 is 0. The van der Waals surface area contributed by atoms with Crippen molar-refractivity contribution in [3.05, 3.63) is 24.3 Å². The summed E-state index contributed by atoms with van der Waals surface area (Å²) in [4.78, 5) is 10.9. The molecule has 0 aromatic heterocycles. The normalized spacial score (nSPS) is 12.6. The van der Waals surface area contributed by atoms with Crippen molar-refractivity contribution in [3.8, 4) is 0 Å². The van der Waals surface area contributed by atoms with Gasteiger partial charge in [-0.3, -0.25) is 0 Å². The lowest BCUT2D eigenvalue weighted by molar-refractivity contribution is -0.117. The van der Waals surface area contributed by atoms with Crippen LogP contribution in [0.15, 0.2) is 24.3 Å². The fourth-order valence-electron chi connectivity index (χ4n) is 1.31. The first kappa shape index (κ1) is 16.5. The molecule has 1 atom stereocenters. The molecule has 0 aromatic carbocycles. The second kappa shape index (κ2) is 8.42. The van der Waals surface area contributed by atoms with Crippen LogP contribution in [0.2, 0.25) is 0 Å². The fourth-order valence-corrected chi connectivity index (χ4v) is 1.31. The fraction of sp³-hybridized carbons (Fsp3) is 0.615. The Kier molecular flexibility index (Phi) is 9.28. The molecule has 15 heavy (non-hydrogen) atoms. The monoisotopic (exact) mass is 212 g/mol. The third kappa shape index (κ3) is 9.42. The number of Topliss-reactive ketones (excluding diaryl/α,β-unsaturated/α-hetero) is 1. The molecule has 0 aliphatic carbocycles. The van der Waals surface area contributed by atoms with Crippen LogP contribution in [0, 0.1) is 11.8 Å². The van der Waals surface area contributed by atoms with Gasteiger partial charge in [0.05, 0.1) is 0 Å². The zero-order valence-corrected chi connectivity index (χ0v) is 10.3. The molecule has 0 fully saturated rings. The van der Waals surface area contributed by atoms with Gasteiger partial charge in [0, 0.05) is 6.42 Å². The van der Waals surface area contributed by atoms with Gasteiger partial charge in [-0.25, -0.2) is 0 Å². The van der Waals surface area contributed by atoms with Crippen molar-refractivity contribution in [1.29, 1.82) is 0 Å². The average molecular weight is 212 g/mol. The van der Waals surface area contributed by atoms with Crippen molar-refractivity contribution in [1.82, 2.24) is 0 Å². The van der Waals surface area contributed by atoms with E-state index in [1.165, 1.54) is 0 Å². The van der Waals surface area contributed by atoms with Gasteiger partial charge in [0.25, 0.3) is 0 Å². The summed E-state index contributed by atoms with van der Waals surface area (Å²) in [5.41, 5.74) is 1.07. The Bertz CT molecular complexity index is 227. The van der Waals surface area contributed by atoms with E-state index in [2.05, 4.69) is 26.5 Å². The summed E-state index contributed by atoms with van der Waals surface area (Å²) in [6, 6.07) is 0. The minimum Gasteiger partial charge on any atom is -0.412 e. The lowest BCUT2D eigenvalue weighted by Gasteiger charge is -2.15. The SMILES string of the molecule is C=C(C)/C=C/[C@@H](CCC(C)=O)C(C)C.O. The molecule has 0 amide bonds. The molecule has 2 heteroatoms. The van der Waals surface area contributed by atoms with E-state index in [0.29, 0.717) is 18.3 Å². The highest BCUT2D eigenvalue weighted by molar-refractivity contribution is 5.75. The van der Waals surface area contributed by atoms with Crippen molar-refractivity contribution >= 4 is 5.78 Å². The first-order valence-corrected chi connectivity index (χ1v) is 5.26. The number of carbonyl (C=O) groups is 1. The molecule has 0 bridgehead atoms. The Morgan fingerprint density at radius 2 is 1.87 bits per heavy atom. The van der Waals surface area contributed by atoms with Crippen LogP contribution in [0.5, 0.6) is 0 Å². The first-order chi connectivity index (χ1) is 6.43. The molecule has 0 radical (unpaired) electrons. The Hall–Kier alpha value is -0.890. The number of rotatable bonds is 6. The van der Waals surface area contributed by atoms with E-state index >= 15 is 0 Å². The van der Waals surface area contributed by atoms with Gasteiger partial charge in [0.1, 0.15) is 5.78 Å². The minimum absolute atomic E-state index is 0. The van der Waals surface area contributed by atoms with Gasteiger partial charge < -0.3 is 10.3 Å². The summed E-state index contributed by atoms with van der Waals surface area (Å²) in [6.45, 7) is 11.8. The predicted octanol–water partition coefficient (Wildman–Crippen LogP) is 2.94. The van der Waals surface area contributed by atoms with Crippen LogP contribution in [0.25, 0.3) is 0 Å². The lowest BCUT2D eigenvalue weighted by atomic mass is 9.90. The molecular weight excluding hydrogens is 188 g/mol. The topological polar surface area (TPSA) is 48.6 Å². The number of hydrogen-bond acceptors (Lipinski definition) is 1. The van der Waals surface area contributed by atoms with Gasteiger partial charge in [-0.05, 0) is 32.1 Å². The molecular formula is C13H24O2. The summed E-state index contributed by atoms with van der Waals surface area (Å²) in [5, 5.41) is 0. The van der Waals surface area contributed by atoms with Crippen LogP contribution in [0.3, 0.4) is 0 Å². The maximum atomic E-state index is 10.9. The van der Waals surface area contributed by atoms with Crippen molar-refractivity contribution in [2.75, 3.05) is 0 Å². The standard InChI is InChI=1S/C13H22O.H2O/c1-10(2)6-8-13(11(3)4)9-7-12(5)14;/h6,8,11,13H,1,7,9H2,2-5H3;1H2/b8-6+;/t13-;/m0./s1. The second-order valence-corrected chi connectivity index (χ2v) is 4.35. The Morgan fingerprint density at radius 1 is 1.33 bits per heavy atom. The zero-order chi connectivity index (χ0) is 11.1. The van der Waals surface area contributed by atoms with E-state index in [1.807, 2.05) is 13.0 Å². The molecule has 0 saturated heterocycles. The van der Waals surface area contributed by atoms with Gasteiger partial charge in [-0.2, -0.15) is 0 Å². The number of carbonyl (C=O) groups excluding carboxylic acids is 1. The van der Waals surface area contributed by atoms with E-state index < -0.39 is 0 Å². The third-order valence-electron chi connectivity index (χ3n) is 2.31. The molecule has 0 saturated carbocycles. The largest absolute Gasteiger partial charge is 0.412 e. The highest BCUT2D eigenvalue weighted by atomic mass is 16.1. The van der Waals surface area contributed by atoms with Crippen molar-refractivity contribution in [2.45, 2.75) is 40.5 Å². The molecule has 0 aromatic rings. The summed E-state index contributed by atoms with van der Waals surface area (Å²) < 4.78 is 0. The Balaban J connectivity index is 0. The summed E-state index contributed by atoms with van der Waals surface area (Å²) in [6.07, 6.45) is 5.86. The van der Waals surface area contributed by atoms with E-state index in [1.54, 1.807) is 6.92 Å². The van der Waals surface area contributed by atoms with Gasteiger partial charge in [0.15, 0.2) is 0 Å². The molecule has 0 aliphatic heterocycles. The third-order valence-corrected chi connectivity index (χ3v) is 2.31. The van der Waals surface area contributed by atoms with E-state index in [9.17, 15) is 4.79 Å². The molecule has 0 unspecified atom stereocenters. The zero-order valence-electron chi connectivity index (χ0n) is 10.3. The smallest absolute Gasteiger partial charge is 0.129 e. The Labute approximate surface area is 93.4 Å². The molecule has 2 nitrogen and oxygen atoms in total. The van der Waals surface area contributed by atoms with Crippen molar-refractivity contribution in [3.63, 3.8) is 0 Å². The van der Waals surface area contributed by atoms with Crippen LogP contribution < -0.4 is 0 Å². The van der Waals surface area contributed by atoms with E-state index in [4.69, 9.17) is 0 Å². The molecule has 0 spiro atoms. The highest BCUT2D eigenvalue weighted by Gasteiger charge is 2.10. The summed E-state index contributed by atoms with van der Waals surface area (Å²) in [7, 11) is 0. The minimum atomic E-state index is 0. The van der Waals surface area contributed by atoms with Crippen LogP contribution in [-0.4, -0.2) is 11.3 Å². The molecule has 2 N–H and O–H groups in total.